The monoisotopic (exact) mass is 452 g/mol. The van der Waals surface area contributed by atoms with Crippen molar-refractivity contribution in [1.29, 1.82) is 0 Å². The number of hydrazone groups is 1. The number of nitrogens with one attached hydrogen (secondary N) is 1. The van der Waals surface area contributed by atoms with Crippen LogP contribution < -0.4 is 14.9 Å². The Morgan fingerprint density at radius 2 is 1.59 bits per heavy atom. The van der Waals surface area contributed by atoms with E-state index in [0.717, 1.165) is 16.3 Å². The van der Waals surface area contributed by atoms with Gasteiger partial charge in [0.2, 0.25) is 0 Å². The van der Waals surface area contributed by atoms with Crippen molar-refractivity contribution < 1.29 is 19.1 Å². The summed E-state index contributed by atoms with van der Waals surface area (Å²) in [6, 6.07) is 25.2. The molecule has 0 radical (unpaired) electrons. The molecule has 1 amide bonds. The third-order valence-corrected chi connectivity index (χ3v) is 5.21. The molecule has 0 aromatic heterocycles. The highest BCUT2D eigenvalue weighted by Gasteiger charge is 2.14. The van der Waals surface area contributed by atoms with E-state index in [9.17, 15) is 9.59 Å². The number of rotatable bonds is 7. The number of esters is 1. The summed E-state index contributed by atoms with van der Waals surface area (Å²) in [5, 5.41) is 5.92. The molecule has 0 aliphatic heterocycles. The summed E-state index contributed by atoms with van der Waals surface area (Å²) in [6.45, 7) is 4.40. The van der Waals surface area contributed by atoms with Gasteiger partial charge in [0, 0.05) is 11.1 Å². The van der Waals surface area contributed by atoms with Crippen molar-refractivity contribution in [3.8, 4) is 11.5 Å². The zero-order valence-corrected chi connectivity index (χ0v) is 18.9. The summed E-state index contributed by atoms with van der Waals surface area (Å²) >= 11 is 0. The Morgan fingerprint density at radius 1 is 0.882 bits per heavy atom. The summed E-state index contributed by atoms with van der Waals surface area (Å²) < 4.78 is 11.1. The van der Waals surface area contributed by atoms with Gasteiger partial charge in [-0.15, -0.1) is 0 Å². The summed E-state index contributed by atoms with van der Waals surface area (Å²) in [5.41, 5.74) is 5.09. The molecule has 0 aliphatic carbocycles. The van der Waals surface area contributed by atoms with Crippen LogP contribution in [0.2, 0.25) is 0 Å². The number of nitrogens with zero attached hydrogens (tertiary/aromatic N) is 1. The molecule has 4 aromatic carbocycles. The molecule has 0 spiro atoms. The highest BCUT2D eigenvalue weighted by Crippen LogP contribution is 2.27. The van der Waals surface area contributed by atoms with Gasteiger partial charge < -0.3 is 9.47 Å². The average Bonchev–Trinajstić information content (AvgIpc) is 2.86. The molecule has 0 fully saturated rings. The highest BCUT2D eigenvalue weighted by atomic mass is 16.5. The van der Waals surface area contributed by atoms with Gasteiger partial charge in [-0.05, 0) is 67.1 Å². The number of carbonyl (C=O) groups excluding carboxylic acids is 2. The molecular weight excluding hydrogens is 428 g/mol. The first-order valence-corrected chi connectivity index (χ1v) is 10.9. The molecule has 0 unspecified atom stereocenters. The number of ether oxygens (including phenoxy) is 2. The maximum absolute atomic E-state index is 12.8. The minimum absolute atomic E-state index is 0.329. The van der Waals surface area contributed by atoms with E-state index in [2.05, 4.69) is 10.5 Å². The Balaban J connectivity index is 1.58. The average molecular weight is 453 g/mol. The van der Waals surface area contributed by atoms with Gasteiger partial charge in [-0.25, -0.2) is 10.2 Å². The molecule has 0 bridgehead atoms. The lowest BCUT2D eigenvalue weighted by Gasteiger charge is -2.11. The van der Waals surface area contributed by atoms with E-state index in [0.29, 0.717) is 34.8 Å². The van der Waals surface area contributed by atoms with Crippen LogP contribution in [-0.2, 0) is 0 Å². The normalized spacial score (nSPS) is 10.9. The van der Waals surface area contributed by atoms with Crippen LogP contribution in [0.5, 0.6) is 11.5 Å². The predicted octanol–water partition coefficient (Wildman–Crippen LogP) is 5.53. The topological polar surface area (TPSA) is 77.0 Å². The third kappa shape index (κ3) is 5.30. The Morgan fingerprint density at radius 3 is 2.32 bits per heavy atom. The van der Waals surface area contributed by atoms with E-state index < -0.39 is 5.97 Å². The lowest BCUT2D eigenvalue weighted by molar-refractivity contribution is 0.0734. The number of fused-ring (bicyclic) bond motifs is 1. The summed E-state index contributed by atoms with van der Waals surface area (Å²) in [6.07, 6.45) is 1.50. The molecule has 4 aromatic rings. The molecule has 0 saturated heterocycles. The first kappa shape index (κ1) is 22.7. The summed E-state index contributed by atoms with van der Waals surface area (Å²) in [7, 11) is 0. The van der Waals surface area contributed by atoms with Crippen LogP contribution in [0.4, 0.5) is 0 Å². The van der Waals surface area contributed by atoms with E-state index in [1.54, 1.807) is 42.5 Å². The van der Waals surface area contributed by atoms with Gasteiger partial charge in [-0.1, -0.05) is 48.0 Å². The molecule has 0 heterocycles. The molecule has 0 atom stereocenters. The number of carbonyl (C=O) groups is 2. The third-order valence-electron chi connectivity index (χ3n) is 5.21. The number of hydrogen-bond donors (Lipinski definition) is 1. The standard InChI is InChI=1S/C28H24N2O4/c1-3-33-23-15-12-22(13-16-23)28(32)34-26-17-14-20-6-4-5-7-24(20)25(26)18-29-30-27(31)21-10-8-19(2)9-11-21/h4-18H,3H2,1-2H3,(H,30,31)/b29-18-. The lowest BCUT2D eigenvalue weighted by atomic mass is 10.0. The lowest BCUT2D eigenvalue weighted by Crippen LogP contribution is -2.17. The second kappa shape index (κ2) is 10.4. The van der Waals surface area contributed by atoms with Crippen molar-refractivity contribution in [2.75, 3.05) is 6.61 Å². The van der Waals surface area contributed by atoms with E-state index >= 15 is 0 Å². The second-order valence-corrected chi connectivity index (χ2v) is 7.61. The van der Waals surface area contributed by atoms with Crippen molar-refractivity contribution >= 4 is 28.9 Å². The zero-order valence-electron chi connectivity index (χ0n) is 18.9. The van der Waals surface area contributed by atoms with Gasteiger partial charge in [0.15, 0.2) is 0 Å². The van der Waals surface area contributed by atoms with Gasteiger partial charge in [0.1, 0.15) is 11.5 Å². The second-order valence-electron chi connectivity index (χ2n) is 7.61. The van der Waals surface area contributed by atoms with Crippen LogP contribution in [0.25, 0.3) is 10.8 Å². The van der Waals surface area contributed by atoms with Gasteiger partial charge in [-0.2, -0.15) is 5.10 Å². The Hall–Kier alpha value is -4.45. The van der Waals surface area contributed by atoms with Crippen molar-refractivity contribution in [3.63, 3.8) is 0 Å². The van der Waals surface area contributed by atoms with Gasteiger partial charge in [-0.3, -0.25) is 4.79 Å². The Bertz CT molecular complexity index is 1340. The molecule has 0 aliphatic rings. The predicted molar refractivity (Wildman–Crippen MR) is 133 cm³/mol. The van der Waals surface area contributed by atoms with Gasteiger partial charge in [0.25, 0.3) is 5.91 Å². The Labute approximate surface area is 197 Å². The number of amides is 1. The van der Waals surface area contributed by atoms with Crippen molar-refractivity contribution in [2.45, 2.75) is 13.8 Å². The molecule has 0 saturated carbocycles. The molecule has 4 rings (SSSR count). The molecule has 170 valence electrons. The van der Waals surface area contributed by atoms with Crippen LogP contribution >= 0.6 is 0 Å². The fourth-order valence-electron chi connectivity index (χ4n) is 3.44. The van der Waals surface area contributed by atoms with Crippen LogP contribution in [0.1, 0.15) is 38.8 Å². The molecule has 6 heteroatoms. The van der Waals surface area contributed by atoms with Crippen molar-refractivity contribution in [2.24, 2.45) is 5.10 Å². The molecule has 1 N–H and O–H groups in total. The SMILES string of the molecule is CCOc1ccc(C(=O)Oc2ccc3ccccc3c2/C=N\NC(=O)c2ccc(C)cc2)cc1. The van der Waals surface area contributed by atoms with Crippen LogP contribution in [0.3, 0.4) is 0 Å². The number of benzene rings is 4. The quantitative estimate of drug-likeness (QED) is 0.173. The fourth-order valence-corrected chi connectivity index (χ4v) is 3.44. The first-order chi connectivity index (χ1) is 16.5. The van der Waals surface area contributed by atoms with Crippen molar-refractivity contribution in [1.82, 2.24) is 5.43 Å². The van der Waals surface area contributed by atoms with Crippen molar-refractivity contribution in [3.05, 3.63) is 107 Å². The van der Waals surface area contributed by atoms with E-state index in [1.807, 2.05) is 56.3 Å². The number of hydrogen-bond acceptors (Lipinski definition) is 5. The minimum Gasteiger partial charge on any atom is -0.494 e. The largest absolute Gasteiger partial charge is 0.494 e. The maximum Gasteiger partial charge on any atom is 0.343 e. The summed E-state index contributed by atoms with van der Waals surface area (Å²) in [5.74, 6) is 0.189. The number of aryl methyl sites for hydroxylation is 1. The van der Waals surface area contributed by atoms with E-state index in [1.165, 1.54) is 6.21 Å². The molecule has 6 nitrogen and oxygen atoms in total. The maximum atomic E-state index is 12.8. The fraction of sp³-hybridized carbons (Fsp3) is 0.107. The Kier molecular flexibility index (Phi) is 6.98. The van der Waals surface area contributed by atoms with Crippen LogP contribution in [0, 0.1) is 6.92 Å². The van der Waals surface area contributed by atoms with Crippen LogP contribution in [-0.4, -0.2) is 24.7 Å². The van der Waals surface area contributed by atoms with Crippen LogP contribution in [0.15, 0.2) is 90.0 Å². The summed E-state index contributed by atoms with van der Waals surface area (Å²) in [4.78, 5) is 25.2. The van der Waals surface area contributed by atoms with Gasteiger partial charge >= 0.3 is 5.97 Å². The van der Waals surface area contributed by atoms with Gasteiger partial charge in [0.05, 0.1) is 18.4 Å². The zero-order chi connectivity index (χ0) is 23.9. The van der Waals surface area contributed by atoms with E-state index in [-0.39, 0.29) is 5.91 Å². The minimum atomic E-state index is -0.503. The molecular formula is C28H24N2O4. The smallest absolute Gasteiger partial charge is 0.343 e. The molecule has 34 heavy (non-hydrogen) atoms. The highest BCUT2D eigenvalue weighted by molar-refractivity contribution is 6.04. The van der Waals surface area contributed by atoms with E-state index in [4.69, 9.17) is 9.47 Å². The first-order valence-electron chi connectivity index (χ1n) is 10.9.